The molecule has 0 atom stereocenters. The zero-order valence-electron chi connectivity index (χ0n) is 18.6. The molecule has 5 rings (SSSR count). The van der Waals surface area contributed by atoms with Crippen LogP contribution in [0.4, 0.5) is 11.5 Å². The molecule has 170 valence electrons. The van der Waals surface area contributed by atoms with Crippen molar-refractivity contribution in [3.05, 3.63) is 76.5 Å². The fraction of sp³-hybridized carbons (Fsp3) is 0.308. The van der Waals surface area contributed by atoms with E-state index >= 15 is 0 Å². The van der Waals surface area contributed by atoms with Gasteiger partial charge in [-0.25, -0.2) is 0 Å². The van der Waals surface area contributed by atoms with Gasteiger partial charge in [0.15, 0.2) is 0 Å². The first kappa shape index (κ1) is 22.1. The molecule has 1 saturated heterocycles. The number of nitrogens with one attached hydrogen (secondary N) is 1. The standard InChI is InChI=1S/C26H28N4OS2/c31-25(19-21-9-6-18-32-21)27-23-11-3-1-7-20(23)8-5-13-29-14-16-30(17-15-29)26-22-10-2-4-12-24(22)33-28-26/h1-4,6-7,9-12,18H,5,8,13-17,19H2,(H,27,31). The van der Waals surface area contributed by atoms with Crippen LogP contribution < -0.4 is 10.2 Å². The third-order valence-corrected chi connectivity index (χ3v) is 7.85. The smallest absolute Gasteiger partial charge is 0.229 e. The van der Waals surface area contributed by atoms with Crippen molar-refractivity contribution in [2.24, 2.45) is 0 Å². The van der Waals surface area contributed by atoms with Gasteiger partial charge in [0, 0.05) is 42.1 Å². The van der Waals surface area contributed by atoms with Crippen molar-refractivity contribution in [3.8, 4) is 0 Å². The lowest BCUT2D eigenvalue weighted by atomic mass is 10.1. The molecule has 5 nitrogen and oxygen atoms in total. The summed E-state index contributed by atoms with van der Waals surface area (Å²) >= 11 is 3.21. The van der Waals surface area contributed by atoms with Crippen molar-refractivity contribution in [2.45, 2.75) is 19.3 Å². The molecule has 1 amide bonds. The molecule has 0 unspecified atom stereocenters. The van der Waals surface area contributed by atoms with Gasteiger partial charge >= 0.3 is 0 Å². The molecule has 33 heavy (non-hydrogen) atoms. The number of fused-ring (bicyclic) bond motifs is 1. The summed E-state index contributed by atoms with van der Waals surface area (Å²) in [5.41, 5.74) is 2.16. The van der Waals surface area contributed by atoms with E-state index in [2.05, 4.69) is 51.5 Å². The highest BCUT2D eigenvalue weighted by Crippen LogP contribution is 2.30. The number of para-hydroxylation sites is 1. The number of nitrogens with zero attached hydrogens (tertiary/aromatic N) is 3. The van der Waals surface area contributed by atoms with Crippen molar-refractivity contribution in [1.29, 1.82) is 0 Å². The number of anilines is 2. The highest BCUT2D eigenvalue weighted by molar-refractivity contribution is 7.13. The number of aromatic nitrogens is 1. The van der Waals surface area contributed by atoms with E-state index in [4.69, 9.17) is 4.37 Å². The molecule has 0 spiro atoms. The average Bonchev–Trinajstić information content (AvgIpc) is 3.51. The molecule has 2 aromatic heterocycles. The van der Waals surface area contributed by atoms with Crippen molar-refractivity contribution >= 4 is 50.4 Å². The van der Waals surface area contributed by atoms with Crippen LogP contribution in [0.3, 0.4) is 0 Å². The van der Waals surface area contributed by atoms with E-state index in [9.17, 15) is 4.79 Å². The monoisotopic (exact) mass is 476 g/mol. The van der Waals surface area contributed by atoms with E-state index in [1.807, 2.05) is 29.6 Å². The lowest BCUT2D eigenvalue weighted by Gasteiger charge is -2.35. The van der Waals surface area contributed by atoms with Crippen LogP contribution in [0.5, 0.6) is 0 Å². The number of piperazine rings is 1. The number of aryl methyl sites for hydroxylation is 1. The van der Waals surface area contributed by atoms with E-state index in [1.54, 1.807) is 22.9 Å². The Labute approximate surface area is 202 Å². The Kier molecular flexibility index (Phi) is 7.00. The largest absolute Gasteiger partial charge is 0.353 e. The highest BCUT2D eigenvalue weighted by Gasteiger charge is 2.20. The van der Waals surface area contributed by atoms with E-state index in [1.165, 1.54) is 15.6 Å². The maximum atomic E-state index is 12.4. The number of rotatable bonds is 8. The molecule has 1 N–H and O–H groups in total. The van der Waals surface area contributed by atoms with Crippen LogP contribution in [0, 0.1) is 0 Å². The number of carbonyl (C=O) groups excluding carboxylic acids is 1. The van der Waals surface area contributed by atoms with Crippen molar-refractivity contribution in [1.82, 2.24) is 9.27 Å². The second-order valence-electron chi connectivity index (χ2n) is 8.40. The minimum absolute atomic E-state index is 0.0515. The Morgan fingerprint density at radius 3 is 2.64 bits per heavy atom. The zero-order valence-corrected chi connectivity index (χ0v) is 20.2. The molecule has 1 aliphatic heterocycles. The summed E-state index contributed by atoms with van der Waals surface area (Å²) in [5.74, 6) is 1.19. The van der Waals surface area contributed by atoms with Crippen LogP contribution in [0.25, 0.3) is 10.1 Å². The van der Waals surface area contributed by atoms with Crippen LogP contribution in [0.1, 0.15) is 16.9 Å². The number of hydrogen-bond acceptors (Lipinski definition) is 6. The van der Waals surface area contributed by atoms with Gasteiger partial charge in [0.05, 0.1) is 11.1 Å². The maximum Gasteiger partial charge on any atom is 0.229 e. The maximum absolute atomic E-state index is 12.4. The first-order valence-electron chi connectivity index (χ1n) is 11.5. The summed E-state index contributed by atoms with van der Waals surface area (Å²) in [6.45, 7) is 5.23. The van der Waals surface area contributed by atoms with Gasteiger partial charge in [0.2, 0.25) is 5.91 Å². The third kappa shape index (κ3) is 5.43. The molecule has 0 aliphatic carbocycles. The lowest BCUT2D eigenvalue weighted by Crippen LogP contribution is -2.46. The normalized spacial score (nSPS) is 14.6. The third-order valence-electron chi connectivity index (χ3n) is 6.16. The zero-order chi connectivity index (χ0) is 22.5. The van der Waals surface area contributed by atoms with Crippen molar-refractivity contribution in [3.63, 3.8) is 0 Å². The number of thiophene rings is 1. The van der Waals surface area contributed by atoms with Crippen LogP contribution in [-0.2, 0) is 17.6 Å². The molecule has 0 bridgehead atoms. The molecule has 2 aromatic carbocycles. The quantitative estimate of drug-likeness (QED) is 0.375. The molecule has 3 heterocycles. The first-order valence-corrected chi connectivity index (χ1v) is 13.1. The van der Waals surface area contributed by atoms with Crippen LogP contribution in [0.2, 0.25) is 0 Å². The molecule has 4 aromatic rings. The molecular formula is C26H28N4OS2. The summed E-state index contributed by atoms with van der Waals surface area (Å²) in [5, 5.41) is 6.40. The van der Waals surface area contributed by atoms with Gasteiger partial charge in [0.1, 0.15) is 5.82 Å². The van der Waals surface area contributed by atoms with Crippen LogP contribution in [0.15, 0.2) is 66.0 Å². The fourth-order valence-corrected chi connectivity index (χ4v) is 5.90. The SMILES string of the molecule is O=C(Cc1cccs1)Nc1ccccc1CCCN1CCN(c2nsc3ccccc23)CC1. The highest BCUT2D eigenvalue weighted by atomic mass is 32.1. The topological polar surface area (TPSA) is 48.5 Å². The summed E-state index contributed by atoms with van der Waals surface area (Å²) < 4.78 is 5.98. The van der Waals surface area contributed by atoms with Gasteiger partial charge in [-0.05, 0) is 66.1 Å². The Balaban J connectivity index is 1.10. The Morgan fingerprint density at radius 1 is 0.970 bits per heavy atom. The summed E-state index contributed by atoms with van der Waals surface area (Å²) in [6.07, 6.45) is 2.48. The molecule has 7 heteroatoms. The van der Waals surface area contributed by atoms with Crippen molar-refractivity contribution < 1.29 is 4.79 Å². The second-order valence-corrected chi connectivity index (χ2v) is 10.2. The average molecular weight is 477 g/mol. The first-order chi connectivity index (χ1) is 16.3. The van der Waals surface area contributed by atoms with E-state index in [0.29, 0.717) is 6.42 Å². The van der Waals surface area contributed by atoms with Crippen LogP contribution in [-0.4, -0.2) is 47.9 Å². The predicted molar refractivity (Wildman–Crippen MR) is 140 cm³/mol. The number of benzene rings is 2. The summed E-state index contributed by atoms with van der Waals surface area (Å²) in [7, 11) is 0. The Bertz CT molecular complexity index is 1200. The minimum Gasteiger partial charge on any atom is -0.353 e. The number of amides is 1. The molecular weight excluding hydrogens is 448 g/mol. The van der Waals surface area contributed by atoms with E-state index in [-0.39, 0.29) is 5.91 Å². The second kappa shape index (κ2) is 10.5. The van der Waals surface area contributed by atoms with Gasteiger partial charge in [-0.2, -0.15) is 4.37 Å². The fourth-order valence-electron chi connectivity index (χ4n) is 4.40. The van der Waals surface area contributed by atoms with Crippen LogP contribution >= 0.6 is 22.9 Å². The molecule has 0 radical (unpaired) electrons. The summed E-state index contributed by atoms with van der Waals surface area (Å²) in [4.78, 5) is 18.5. The minimum atomic E-state index is 0.0515. The lowest BCUT2D eigenvalue weighted by molar-refractivity contribution is -0.115. The Morgan fingerprint density at radius 2 is 1.79 bits per heavy atom. The number of carbonyl (C=O) groups is 1. The number of hydrogen-bond donors (Lipinski definition) is 1. The molecule has 1 aliphatic rings. The molecule has 0 saturated carbocycles. The van der Waals surface area contributed by atoms with Crippen molar-refractivity contribution in [2.75, 3.05) is 42.9 Å². The van der Waals surface area contributed by atoms with Gasteiger partial charge in [-0.15, -0.1) is 11.3 Å². The predicted octanol–water partition coefficient (Wildman–Crippen LogP) is 5.29. The summed E-state index contributed by atoms with van der Waals surface area (Å²) in [6, 6.07) is 20.7. The Hall–Kier alpha value is -2.74. The molecule has 1 fully saturated rings. The van der Waals surface area contributed by atoms with Gasteiger partial charge < -0.3 is 10.2 Å². The van der Waals surface area contributed by atoms with E-state index < -0.39 is 0 Å². The van der Waals surface area contributed by atoms with E-state index in [0.717, 1.165) is 61.9 Å². The van der Waals surface area contributed by atoms with Gasteiger partial charge in [0.25, 0.3) is 0 Å². The van der Waals surface area contributed by atoms with Gasteiger partial charge in [-0.1, -0.05) is 36.4 Å². The van der Waals surface area contributed by atoms with Gasteiger partial charge in [-0.3, -0.25) is 9.69 Å².